The van der Waals surface area contributed by atoms with Crippen molar-refractivity contribution in [2.75, 3.05) is 13.1 Å². The molecule has 2 nitrogen and oxygen atoms in total. The molecule has 1 aliphatic carbocycles. The summed E-state index contributed by atoms with van der Waals surface area (Å²) in [6.45, 7) is 14.2. The lowest BCUT2D eigenvalue weighted by Gasteiger charge is -2.17. The van der Waals surface area contributed by atoms with E-state index in [0.717, 1.165) is 12.5 Å². The van der Waals surface area contributed by atoms with E-state index >= 15 is 0 Å². The second kappa shape index (κ2) is 3.46. The van der Waals surface area contributed by atoms with Gasteiger partial charge in [0.1, 0.15) is 0 Å². The molecule has 2 fully saturated rings. The number of rotatable bonds is 3. The summed E-state index contributed by atoms with van der Waals surface area (Å²) in [5.41, 5.74) is 0.934. The highest BCUT2D eigenvalue weighted by Gasteiger charge is 2.64. The second-order valence-corrected chi connectivity index (χ2v) is 6.61. The molecular formula is C13H26N2. The molecule has 1 aliphatic heterocycles. The van der Waals surface area contributed by atoms with Crippen molar-refractivity contribution in [1.82, 2.24) is 10.6 Å². The molecule has 0 amide bonds. The van der Waals surface area contributed by atoms with Crippen LogP contribution in [-0.4, -0.2) is 25.2 Å². The first-order valence-electron chi connectivity index (χ1n) is 6.34. The molecule has 2 aliphatic rings. The van der Waals surface area contributed by atoms with E-state index in [2.05, 4.69) is 45.3 Å². The smallest absolute Gasteiger partial charge is 0.0218 e. The largest absolute Gasteiger partial charge is 0.312 e. The molecule has 1 saturated carbocycles. The summed E-state index contributed by atoms with van der Waals surface area (Å²) >= 11 is 0. The fourth-order valence-electron chi connectivity index (χ4n) is 3.12. The number of hydrogen-bond acceptors (Lipinski definition) is 2. The Morgan fingerprint density at radius 1 is 1.20 bits per heavy atom. The summed E-state index contributed by atoms with van der Waals surface area (Å²) in [7, 11) is 0. The molecule has 0 aromatic rings. The van der Waals surface area contributed by atoms with Gasteiger partial charge >= 0.3 is 0 Å². The van der Waals surface area contributed by atoms with Gasteiger partial charge in [-0.3, -0.25) is 0 Å². The summed E-state index contributed by atoms with van der Waals surface area (Å²) in [6, 6.07) is 1.39. The molecule has 2 unspecified atom stereocenters. The Kier molecular flexibility index (Phi) is 2.63. The Hall–Kier alpha value is -0.0800. The van der Waals surface area contributed by atoms with Gasteiger partial charge in [0.2, 0.25) is 0 Å². The molecule has 88 valence electrons. The lowest BCUT2D eigenvalue weighted by molar-refractivity contribution is 0.428. The minimum atomic E-state index is 0.467. The van der Waals surface area contributed by atoms with E-state index in [0.29, 0.717) is 22.9 Å². The zero-order valence-electron chi connectivity index (χ0n) is 10.9. The van der Waals surface area contributed by atoms with Crippen molar-refractivity contribution in [3.63, 3.8) is 0 Å². The quantitative estimate of drug-likeness (QED) is 0.744. The fraction of sp³-hybridized carbons (Fsp3) is 1.00. The van der Waals surface area contributed by atoms with E-state index in [1.807, 2.05) is 0 Å². The summed E-state index contributed by atoms with van der Waals surface area (Å²) in [6.07, 6.45) is 1.34. The van der Waals surface area contributed by atoms with Crippen LogP contribution in [0.5, 0.6) is 0 Å². The number of hydrogen-bond donors (Lipinski definition) is 2. The Bertz CT molecular complexity index is 231. The van der Waals surface area contributed by atoms with Crippen molar-refractivity contribution >= 4 is 0 Å². The zero-order valence-corrected chi connectivity index (χ0v) is 10.9. The minimum absolute atomic E-state index is 0.467. The zero-order chi connectivity index (χ0) is 11.3. The second-order valence-electron chi connectivity index (χ2n) is 6.61. The van der Waals surface area contributed by atoms with Crippen LogP contribution < -0.4 is 10.6 Å². The first kappa shape index (κ1) is 11.4. The molecule has 0 aromatic carbocycles. The Labute approximate surface area is 94.2 Å². The predicted molar refractivity (Wildman–Crippen MR) is 64.9 cm³/mol. The van der Waals surface area contributed by atoms with Crippen LogP contribution in [0.1, 0.15) is 41.0 Å². The van der Waals surface area contributed by atoms with Crippen molar-refractivity contribution in [3.05, 3.63) is 0 Å². The lowest BCUT2D eigenvalue weighted by atomic mass is 10.0. The third-order valence-electron chi connectivity index (χ3n) is 5.26. The van der Waals surface area contributed by atoms with Gasteiger partial charge in [0.15, 0.2) is 0 Å². The van der Waals surface area contributed by atoms with Gasteiger partial charge in [-0.05, 0) is 29.7 Å². The summed E-state index contributed by atoms with van der Waals surface area (Å²) < 4.78 is 0. The molecule has 2 atom stereocenters. The van der Waals surface area contributed by atoms with Crippen molar-refractivity contribution in [2.45, 2.75) is 53.1 Å². The van der Waals surface area contributed by atoms with Crippen LogP contribution in [0.3, 0.4) is 0 Å². The molecule has 2 heteroatoms. The number of nitrogens with one attached hydrogen (secondary N) is 2. The van der Waals surface area contributed by atoms with Crippen molar-refractivity contribution < 1.29 is 0 Å². The van der Waals surface area contributed by atoms with Gasteiger partial charge in [-0.25, -0.2) is 0 Å². The van der Waals surface area contributed by atoms with Crippen LogP contribution in [0.2, 0.25) is 0 Å². The van der Waals surface area contributed by atoms with Gasteiger partial charge in [-0.2, -0.15) is 0 Å². The van der Waals surface area contributed by atoms with E-state index in [1.165, 1.54) is 13.0 Å². The van der Waals surface area contributed by atoms with Crippen LogP contribution in [0.15, 0.2) is 0 Å². The SMILES string of the molecule is CC1CCNC1CNC1C(C)(C)C1(C)C. The average Bonchev–Trinajstić information content (AvgIpc) is 2.49. The highest BCUT2D eigenvalue weighted by atomic mass is 15.1. The Balaban J connectivity index is 1.81. The molecule has 0 aromatic heterocycles. The van der Waals surface area contributed by atoms with Crippen LogP contribution >= 0.6 is 0 Å². The van der Waals surface area contributed by atoms with Crippen LogP contribution in [0, 0.1) is 16.7 Å². The molecule has 2 rings (SSSR count). The highest BCUT2D eigenvalue weighted by Crippen LogP contribution is 2.62. The average molecular weight is 210 g/mol. The first-order chi connectivity index (χ1) is 6.87. The maximum atomic E-state index is 3.75. The topological polar surface area (TPSA) is 24.1 Å². The van der Waals surface area contributed by atoms with E-state index in [1.54, 1.807) is 0 Å². The van der Waals surface area contributed by atoms with Gasteiger partial charge in [-0.1, -0.05) is 34.6 Å². The van der Waals surface area contributed by atoms with E-state index in [4.69, 9.17) is 0 Å². The van der Waals surface area contributed by atoms with Crippen LogP contribution in [0.4, 0.5) is 0 Å². The molecule has 0 bridgehead atoms. The third kappa shape index (κ3) is 1.72. The summed E-state index contributed by atoms with van der Waals surface area (Å²) in [5, 5.41) is 7.33. The molecule has 15 heavy (non-hydrogen) atoms. The van der Waals surface area contributed by atoms with Gasteiger partial charge in [0.25, 0.3) is 0 Å². The molecular weight excluding hydrogens is 184 g/mol. The standard InChI is InChI=1S/C13H26N2/c1-9-6-7-14-10(9)8-15-11-12(2,3)13(11,4)5/h9-11,14-15H,6-8H2,1-5H3. The maximum absolute atomic E-state index is 3.75. The predicted octanol–water partition coefficient (Wildman–Crippen LogP) is 2.01. The molecule has 1 saturated heterocycles. The van der Waals surface area contributed by atoms with Crippen molar-refractivity contribution in [3.8, 4) is 0 Å². The Morgan fingerprint density at radius 2 is 1.80 bits per heavy atom. The monoisotopic (exact) mass is 210 g/mol. The summed E-state index contributed by atoms with van der Waals surface area (Å²) in [5.74, 6) is 0.836. The normalized spacial score (nSPS) is 38.2. The lowest BCUT2D eigenvalue weighted by Crippen LogP contribution is -2.39. The summed E-state index contributed by atoms with van der Waals surface area (Å²) in [4.78, 5) is 0. The van der Waals surface area contributed by atoms with Gasteiger partial charge in [-0.15, -0.1) is 0 Å². The first-order valence-corrected chi connectivity index (χ1v) is 6.34. The van der Waals surface area contributed by atoms with E-state index < -0.39 is 0 Å². The highest BCUT2D eigenvalue weighted by molar-refractivity contribution is 5.17. The van der Waals surface area contributed by atoms with Crippen molar-refractivity contribution in [1.29, 1.82) is 0 Å². The molecule has 1 heterocycles. The molecule has 0 radical (unpaired) electrons. The van der Waals surface area contributed by atoms with Crippen LogP contribution in [-0.2, 0) is 0 Å². The van der Waals surface area contributed by atoms with Gasteiger partial charge < -0.3 is 10.6 Å². The van der Waals surface area contributed by atoms with E-state index in [-0.39, 0.29) is 0 Å². The van der Waals surface area contributed by atoms with E-state index in [9.17, 15) is 0 Å². The molecule has 0 spiro atoms. The van der Waals surface area contributed by atoms with Crippen molar-refractivity contribution in [2.24, 2.45) is 16.7 Å². The van der Waals surface area contributed by atoms with Gasteiger partial charge in [0.05, 0.1) is 0 Å². The minimum Gasteiger partial charge on any atom is -0.312 e. The third-order valence-corrected chi connectivity index (χ3v) is 5.26. The van der Waals surface area contributed by atoms with Gasteiger partial charge in [0, 0.05) is 18.6 Å². The molecule has 2 N–H and O–H groups in total. The fourth-order valence-corrected chi connectivity index (χ4v) is 3.12. The Morgan fingerprint density at radius 3 is 2.20 bits per heavy atom. The maximum Gasteiger partial charge on any atom is 0.0218 e. The van der Waals surface area contributed by atoms with Crippen LogP contribution in [0.25, 0.3) is 0 Å².